The van der Waals surface area contributed by atoms with E-state index < -0.39 is 0 Å². The molecule has 1 saturated carbocycles. The van der Waals surface area contributed by atoms with Gasteiger partial charge in [-0.15, -0.1) is 0 Å². The molecule has 1 fully saturated rings. The van der Waals surface area contributed by atoms with E-state index in [2.05, 4.69) is 12.2 Å². The van der Waals surface area contributed by atoms with Crippen molar-refractivity contribution >= 4 is 23.2 Å². The third-order valence-electron chi connectivity index (χ3n) is 4.02. The molecule has 1 nitrogen and oxygen atoms in total. The first-order chi connectivity index (χ1) is 8.69. The Hall–Kier alpha value is -0.240. The Morgan fingerprint density at radius 2 is 1.89 bits per heavy atom. The molecule has 1 aliphatic rings. The van der Waals surface area contributed by atoms with Gasteiger partial charge in [0.2, 0.25) is 0 Å². The van der Waals surface area contributed by atoms with Gasteiger partial charge in [0.15, 0.2) is 0 Å². The van der Waals surface area contributed by atoms with Crippen molar-refractivity contribution in [2.45, 2.75) is 51.6 Å². The van der Waals surface area contributed by atoms with Crippen LogP contribution in [0.4, 0.5) is 0 Å². The molecule has 1 aromatic carbocycles. The van der Waals surface area contributed by atoms with Gasteiger partial charge in [-0.05, 0) is 49.3 Å². The summed E-state index contributed by atoms with van der Waals surface area (Å²) in [7, 11) is 0. The Kier molecular flexibility index (Phi) is 5.35. The molecule has 0 aromatic heterocycles. The van der Waals surface area contributed by atoms with Gasteiger partial charge in [0, 0.05) is 22.6 Å². The maximum Gasteiger partial charge on any atom is 0.0465 e. The van der Waals surface area contributed by atoms with E-state index in [1.807, 2.05) is 18.2 Å². The number of rotatable bonds is 4. The molecule has 3 heteroatoms. The molecule has 18 heavy (non-hydrogen) atoms. The highest BCUT2D eigenvalue weighted by molar-refractivity contribution is 6.35. The predicted molar refractivity (Wildman–Crippen MR) is 79.3 cm³/mol. The van der Waals surface area contributed by atoms with Gasteiger partial charge in [0.1, 0.15) is 0 Å². The lowest BCUT2D eigenvalue weighted by atomic mass is 9.84. The lowest BCUT2D eigenvalue weighted by molar-refractivity contribution is 0.285. The van der Waals surface area contributed by atoms with Crippen LogP contribution in [0.15, 0.2) is 18.2 Å². The molecule has 0 saturated heterocycles. The summed E-state index contributed by atoms with van der Waals surface area (Å²) < 4.78 is 0. The largest absolute Gasteiger partial charge is 0.310 e. The van der Waals surface area contributed by atoms with E-state index in [0.717, 1.165) is 23.0 Å². The molecule has 0 aliphatic heterocycles. The first-order valence-corrected chi connectivity index (χ1v) is 7.62. The topological polar surface area (TPSA) is 12.0 Å². The maximum atomic E-state index is 6.17. The summed E-state index contributed by atoms with van der Waals surface area (Å²) in [4.78, 5) is 0. The van der Waals surface area contributed by atoms with Crippen LogP contribution >= 0.6 is 23.2 Å². The Bertz CT molecular complexity index is 384. The van der Waals surface area contributed by atoms with Crippen LogP contribution in [0.5, 0.6) is 0 Å². The van der Waals surface area contributed by atoms with Crippen LogP contribution in [0.2, 0.25) is 10.0 Å². The zero-order valence-electron chi connectivity index (χ0n) is 10.9. The third-order valence-corrected chi connectivity index (χ3v) is 4.61. The summed E-state index contributed by atoms with van der Waals surface area (Å²) in [5, 5.41) is 5.08. The standard InChI is InChI=1S/C15H21Cl2N/c1-2-11-3-7-14(8-4-11)18-10-12-5-6-13(16)9-15(12)17/h5-6,9,11,14,18H,2-4,7-8,10H2,1H3. The van der Waals surface area contributed by atoms with Crippen molar-refractivity contribution in [3.8, 4) is 0 Å². The van der Waals surface area contributed by atoms with Crippen molar-refractivity contribution in [3.05, 3.63) is 33.8 Å². The minimum absolute atomic E-state index is 0.652. The number of hydrogen-bond acceptors (Lipinski definition) is 1. The molecule has 2 rings (SSSR count). The van der Waals surface area contributed by atoms with Gasteiger partial charge < -0.3 is 5.32 Å². The van der Waals surface area contributed by atoms with Crippen LogP contribution in [0.3, 0.4) is 0 Å². The predicted octanol–water partition coefficient (Wildman–Crippen LogP) is 5.05. The number of benzene rings is 1. The molecular formula is C15H21Cl2N. The van der Waals surface area contributed by atoms with E-state index in [9.17, 15) is 0 Å². The second-order valence-corrected chi connectivity index (χ2v) is 6.09. The highest BCUT2D eigenvalue weighted by Gasteiger charge is 2.19. The number of hydrogen-bond donors (Lipinski definition) is 1. The first-order valence-electron chi connectivity index (χ1n) is 6.86. The van der Waals surface area contributed by atoms with Crippen molar-refractivity contribution in [2.24, 2.45) is 5.92 Å². The minimum atomic E-state index is 0.652. The highest BCUT2D eigenvalue weighted by atomic mass is 35.5. The summed E-state index contributed by atoms with van der Waals surface area (Å²) in [5.74, 6) is 0.946. The Labute approximate surface area is 120 Å². The molecule has 0 atom stereocenters. The zero-order chi connectivity index (χ0) is 13.0. The maximum absolute atomic E-state index is 6.17. The van der Waals surface area contributed by atoms with E-state index in [0.29, 0.717) is 11.1 Å². The molecule has 0 bridgehead atoms. The van der Waals surface area contributed by atoms with Gasteiger partial charge in [-0.3, -0.25) is 0 Å². The molecule has 1 N–H and O–H groups in total. The van der Waals surface area contributed by atoms with E-state index >= 15 is 0 Å². The Morgan fingerprint density at radius 1 is 1.17 bits per heavy atom. The van der Waals surface area contributed by atoms with Crippen molar-refractivity contribution < 1.29 is 0 Å². The first kappa shape index (κ1) is 14.2. The summed E-state index contributed by atoms with van der Waals surface area (Å²) in [6, 6.07) is 6.38. The van der Waals surface area contributed by atoms with Crippen molar-refractivity contribution in [2.75, 3.05) is 0 Å². The second-order valence-electron chi connectivity index (χ2n) is 5.24. The van der Waals surface area contributed by atoms with Gasteiger partial charge in [-0.25, -0.2) is 0 Å². The molecule has 100 valence electrons. The van der Waals surface area contributed by atoms with Crippen LogP contribution in [-0.2, 0) is 6.54 Å². The van der Waals surface area contributed by atoms with Crippen molar-refractivity contribution in [1.82, 2.24) is 5.32 Å². The lowest BCUT2D eigenvalue weighted by Crippen LogP contribution is -2.32. The van der Waals surface area contributed by atoms with Crippen LogP contribution in [0.25, 0.3) is 0 Å². The highest BCUT2D eigenvalue weighted by Crippen LogP contribution is 2.27. The molecule has 1 aliphatic carbocycles. The fourth-order valence-electron chi connectivity index (χ4n) is 2.69. The summed E-state index contributed by atoms with van der Waals surface area (Å²) in [6.07, 6.45) is 6.65. The second kappa shape index (κ2) is 6.79. The third kappa shape index (κ3) is 3.88. The zero-order valence-corrected chi connectivity index (χ0v) is 12.4. The van der Waals surface area contributed by atoms with E-state index in [-0.39, 0.29) is 0 Å². The van der Waals surface area contributed by atoms with Gasteiger partial charge in [-0.1, -0.05) is 42.6 Å². The molecule has 0 unspecified atom stereocenters. The molecular weight excluding hydrogens is 265 g/mol. The van der Waals surface area contributed by atoms with Crippen LogP contribution in [0, 0.1) is 5.92 Å². The Balaban J connectivity index is 1.81. The monoisotopic (exact) mass is 285 g/mol. The summed E-state index contributed by atoms with van der Waals surface area (Å²) in [5.41, 5.74) is 1.14. The molecule has 0 radical (unpaired) electrons. The fourth-order valence-corrected chi connectivity index (χ4v) is 3.17. The van der Waals surface area contributed by atoms with Gasteiger partial charge in [0.25, 0.3) is 0 Å². The van der Waals surface area contributed by atoms with Gasteiger partial charge >= 0.3 is 0 Å². The van der Waals surface area contributed by atoms with Gasteiger partial charge in [0.05, 0.1) is 0 Å². The average Bonchev–Trinajstić information content (AvgIpc) is 2.38. The van der Waals surface area contributed by atoms with Crippen LogP contribution in [-0.4, -0.2) is 6.04 Å². The van der Waals surface area contributed by atoms with Crippen molar-refractivity contribution in [1.29, 1.82) is 0 Å². The Morgan fingerprint density at radius 3 is 2.50 bits per heavy atom. The fraction of sp³-hybridized carbons (Fsp3) is 0.600. The summed E-state index contributed by atoms with van der Waals surface area (Å²) >= 11 is 12.1. The normalized spacial score (nSPS) is 24.2. The van der Waals surface area contributed by atoms with Crippen LogP contribution in [0.1, 0.15) is 44.6 Å². The smallest absolute Gasteiger partial charge is 0.0465 e. The van der Waals surface area contributed by atoms with E-state index in [4.69, 9.17) is 23.2 Å². The van der Waals surface area contributed by atoms with Crippen molar-refractivity contribution in [3.63, 3.8) is 0 Å². The van der Waals surface area contributed by atoms with Crippen LogP contribution < -0.4 is 5.32 Å². The SMILES string of the molecule is CCC1CCC(NCc2ccc(Cl)cc2Cl)CC1. The molecule has 0 amide bonds. The van der Waals surface area contributed by atoms with E-state index in [1.54, 1.807) is 0 Å². The van der Waals surface area contributed by atoms with Gasteiger partial charge in [-0.2, -0.15) is 0 Å². The minimum Gasteiger partial charge on any atom is -0.310 e. The number of nitrogens with one attached hydrogen (secondary N) is 1. The molecule has 1 aromatic rings. The molecule has 0 heterocycles. The summed E-state index contributed by atoms with van der Waals surface area (Å²) in [6.45, 7) is 3.14. The average molecular weight is 286 g/mol. The number of halogens is 2. The van der Waals surface area contributed by atoms with E-state index in [1.165, 1.54) is 32.1 Å². The lowest BCUT2D eigenvalue weighted by Gasteiger charge is -2.28. The molecule has 0 spiro atoms. The quantitative estimate of drug-likeness (QED) is 0.816.